The number of hydrogen-bond donors (Lipinski definition) is 2. The van der Waals surface area contributed by atoms with E-state index in [4.69, 9.17) is 10.5 Å². The highest BCUT2D eigenvalue weighted by atomic mass is 16.5. The lowest BCUT2D eigenvalue weighted by molar-refractivity contribution is -0.122. The predicted octanol–water partition coefficient (Wildman–Crippen LogP) is 1.69. The van der Waals surface area contributed by atoms with E-state index in [9.17, 15) is 4.79 Å². The summed E-state index contributed by atoms with van der Waals surface area (Å²) in [4.78, 5) is 11.5. The van der Waals surface area contributed by atoms with E-state index in [1.807, 2.05) is 18.2 Å². The molecule has 1 aliphatic heterocycles. The fraction of sp³-hybridized carbons (Fsp3) is 0.462. The number of hydrogen-bond acceptors (Lipinski definition) is 3. The molecule has 1 amide bonds. The van der Waals surface area contributed by atoms with Gasteiger partial charge in [0.25, 0.3) is 5.91 Å². The zero-order valence-electron chi connectivity index (χ0n) is 10.0. The van der Waals surface area contributed by atoms with Gasteiger partial charge in [-0.05, 0) is 50.4 Å². The fourth-order valence-electron chi connectivity index (χ4n) is 1.88. The minimum absolute atomic E-state index is 0.0865. The Bertz CT molecular complexity index is 418. The molecule has 92 valence electrons. The monoisotopic (exact) mass is 234 g/mol. The van der Waals surface area contributed by atoms with E-state index >= 15 is 0 Å². The summed E-state index contributed by atoms with van der Waals surface area (Å²) in [6.07, 6.45) is 2.67. The standard InChI is InChI=1S/C13H18N2O2/c1-9-13(16)15-11-8-10(4-2-3-7-14)5-6-12(11)17-9/h5-6,8-9H,2-4,7,14H2,1H3,(H,15,16). The summed E-state index contributed by atoms with van der Waals surface area (Å²) in [5, 5.41) is 2.85. The van der Waals surface area contributed by atoms with Gasteiger partial charge in [-0.1, -0.05) is 6.07 Å². The molecule has 0 aromatic heterocycles. The Morgan fingerprint density at radius 2 is 2.24 bits per heavy atom. The first-order valence-electron chi connectivity index (χ1n) is 6.01. The lowest BCUT2D eigenvalue weighted by Crippen LogP contribution is -2.34. The van der Waals surface area contributed by atoms with Gasteiger partial charge in [0.05, 0.1) is 5.69 Å². The molecule has 17 heavy (non-hydrogen) atoms. The van der Waals surface area contributed by atoms with Crippen molar-refractivity contribution in [3.63, 3.8) is 0 Å². The number of fused-ring (bicyclic) bond motifs is 1. The number of anilines is 1. The van der Waals surface area contributed by atoms with Crippen LogP contribution in [0.15, 0.2) is 18.2 Å². The van der Waals surface area contributed by atoms with Crippen LogP contribution in [-0.4, -0.2) is 18.6 Å². The zero-order valence-corrected chi connectivity index (χ0v) is 10.0. The highest BCUT2D eigenvalue weighted by Crippen LogP contribution is 2.30. The van der Waals surface area contributed by atoms with Crippen LogP contribution in [0.4, 0.5) is 5.69 Å². The Balaban J connectivity index is 2.09. The smallest absolute Gasteiger partial charge is 0.265 e. The third kappa shape index (κ3) is 2.77. The van der Waals surface area contributed by atoms with E-state index in [0.717, 1.165) is 37.2 Å². The summed E-state index contributed by atoms with van der Waals surface area (Å²) in [5.74, 6) is 0.663. The largest absolute Gasteiger partial charge is 0.479 e. The minimum atomic E-state index is -0.411. The third-order valence-electron chi connectivity index (χ3n) is 2.89. The first-order valence-corrected chi connectivity index (χ1v) is 6.01. The van der Waals surface area contributed by atoms with Gasteiger partial charge in [-0.3, -0.25) is 4.79 Å². The number of rotatable bonds is 4. The SMILES string of the molecule is CC1Oc2ccc(CCCCN)cc2NC1=O. The number of carbonyl (C=O) groups is 1. The molecule has 0 fully saturated rings. The number of aryl methyl sites for hydroxylation is 1. The molecule has 3 N–H and O–H groups in total. The molecule has 0 radical (unpaired) electrons. The molecule has 1 heterocycles. The molecular weight excluding hydrogens is 216 g/mol. The summed E-state index contributed by atoms with van der Waals surface area (Å²) in [6, 6.07) is 5.94. The molecule has 0 spiro atoms. The number of benzene rings is 1. The molecule has 4 nitrogen and oxygen atoms in total. The molecule has 0 bridgehead atoms. The molecule has 1 aliphatic rings. The van der Waals surface area contributed by atoms with Crippen molar-refractivity contribution >= 4 is 11.6 Å². The highest BCUT2D eigenvalue weighted by molar-refractivity contribution is 5.97. The van der Waals surface area contributed by atoms with E-state index in [-0.39, 0.29) is 5.91 Å². The maximum atomic E-state index is 11.5. The molecule has 1 aromatic carbocycles. The number of amides is 1. The predicted molar refractivity (Wildman–Crippen MR) is 67.2 cm³/mol. The second-order valence-corrected chi connectivity index (χ2v) is 4.33. The van der Waals surface area contributed by atoms with E-state index in [1.165, 1.54) is 5.56 Å². The lowest BCUT2D eigenvalue weighted by atomic mass is 10.1. The van der Waals surface area contributed by atoms with Crippen LogP contribution in [0, 0.1) is 0 Å². The van der Waals surface area contributed by atoms with Crippen LogP contribution in [0.5, 0.6) is 5.75 Å². The average Bonchev–Trinajstić information content (AvgIpc) is 2.31. The van der Waals surface area contributed by atoms with Crippen LogP contribution in [-0.2, 0) is 11.2 Å². The normalized spacial score (nSPS) is 18.2. The second-order valence-electron chi connectivity index (χ2n) is 4.33. The van der Waals surface area contributed by atoms with Gasteiger partial charge in [0.1, 0.15) is 5.75 Å². The maximum absolute atomic E-state index is 11.5. The number of ether oxygens (including phenoxy) is 1. The molecule has 1 atom stereocenters. The van der Waals surface area contributed by atoms with Crippen LogP contribution < -0.4 is 15.8 Å². The molecule has 2 rings (SSSR count). The molecule has 1 unspecified atom stereocenters. The Kier molecular flexibility index (Phi) is 3.64. The van der Waals surface area contributed by atoms with E-state index < -0.39 is 6.10 Å². The number of unbranched alkanes of at least 4 members (excludes halogenated alkanes) is 1. The fourth-order valence-corrected chi connectivity index (χ4v) is 1.88. The van der Waals surface area contributed by atoms with Crippen molar-refractivity contribution in [2.75, 3.05) is 11.9 Å². The summed E-state index contributed by atoms with van der Waals surface area (Å²) in [6.45, 7) is 2.47. The Labute approximate surface area is 101 Å². The van der Waals surface area contributed by atoms with Crippen molar-refractivity contribution in [1.29, 1.82) is 0 Å². The van der Waals surface area contributed by atoms with Crippen LogP contribution in [0.1, 0.15) is 25.3 Å². The highest BCUT2D eigenvalue weighted by Gasteiger charge is 2.23. The number of nitrogens with two attached hydrogens (primary N) is 1. The molecule has 0 saturated heterocycles. The van der Waals surface area contributed by atoms with Crippen LogP contribution in [0.2, 0.25) is 0 Å². The van der Waals surface area contributed by atoms with E-state index in [0.29, 0.717) is 0 Å². The molecule has 0 aliphatic carbocycles. The first kappa shape index (κ1) is 11.9. The van der Waals surface area contributed by atoms with Gasteiger partial charge in [0, 0.05) is 0 Å². The number of nitrogens with one attached hydrogen (secondary N) is 1. The second kappa shape index (κ2) is 5.19. The number of carbonyl (C=O) groups excluding carboxylic acids is 1. The summed E-state index contributed by atoms with van der Waals surface area (Å²) in [5.41, 5.74) is 7.44. The quantitative estimate of drug-likeness (QED) is 0.779. The van der Waals surface area contributed by atoms with Crippen molar-refractivity contribution in [3.05, 3.63) is 23.8 Å². The van der Waals surface area contributed by atoms with Gasteiger partial charge in [-0.2, -0.15) is 0 Å². The van der Waals surface area contributed by atoms with Gasteiger partial charge in [0.15, 0.2) is 6.10 Å². The topological polar surface area (TPSA) is 64.3 Å². The van der Waals surface area contributed by atoms with E-state index in [1.54, 1.807) is 6.92 Å². The van der Waals surface area contributed by atoms with E-state index in [2.05, 4.69) is 5.32 Å². The Morgan fingerprint density at radius 3 is 3.00 bits per heavy atom. The Hall–Kier alpha value is -1.55. The van der Waals surface area contributed by atoms with Crippen molar-refractivity contribution in [1.82, 2.24) is 0 Å². The molecule has 1 aromatic rings. The molecular formula is C13H18N2O2. The van der Waals surface area contributed by atoms with Gasteiger partial charge in [-0.15, -0.1) is 0 Å². The molecule has 4 heteroatoms. The third-order valence-corrected chi connectivity index (χ3v) is 2.89. The van der Waals surface area contributed by atoms with Gasteiger partial charge < -0.3 is 15.8 Å². The van der Waals surface area contributed by atoms with Gasteiger partial charge in [0.2, 0.25) is 0 Å². The lowest BCUT2D eigenvalue weighted by Gasteiger charge is -2.23. The average molecular weight is 234 g/mol. The van der Waals surface area contributed by atoms with Crippen molar-refractivity contribution in [2.45, 2.75) is 32.3 Å². The summed E-state index contributed by atoms with van der Waals surface area (Å²) < 4.78 is 5.49. The van der Waals surface area contributed by atoms with Crippen molar-refractivity contribution < 1.29 is 9.53 Å². The van der Waals surface area contributed by atoms with Crippen LogP contribution >= 0.6 is 0 Å². The van der Waals surface area contributed by atoms with Crippen molar-refractivity contribution in [2.24, 2.45) is 5.73 Å². The van der Waals surface area contributed by atoms with Crippen LogP contribution in [0.3, 0.4) is 0 Å². The van der Waals surface area contributed by atoms with Gasteiger partial charge >= 0.3 is 0 Å². The molecule has 0 saturated carbocycles. The Morgan fingerprint density at radius 1 is 1.41 bits per heavy atom. The van der Waals surface area contributed by atoms with Gasteiger partial charge in [-0.25, -0.2) is 0 Å². The van der Waals surface area contributed by atoms with Crippen LogP contribution in [0.25, 0.3) is 0 Å². The summed E-state index contributed by atoms with van der Waals surface area (Å²) in [7, 11) is 0. The first-order chi connectivity index (χ1) is 8.20. The summed E-state index contributed by atoms with van der Waals surface area (Å²) >= 11 is 0. The zero-order chi connectivity index (χ0) is 12.3. The maximum Gasteiger partial charge on any atom is 0.265 e. The minimum Gasteiger partial charge on any atom is -0.479 e. The van der Waals surface area contributed by atoms with Crippen molar-refractivity contribution in [3.8, 4) is 5.75 Å².